The lowest BCUT2D eigenvalue weighted by Crippen LogP contribution is -2.06. The molecule has 0 aliphatic carbocycles. The van der Waals surface area contributed by atoms with Gasteiger partial charge in [0.1, 0.15) is 11.5 Å². The zero-order valence-electron chi connectivity index (χ0n) is 12.7. The number of hydrogen-bond acceptors (Lipinski definition) is 4. The lowest BCUT2D eigenvalue weighted by Gasteiger charge is -2.14. The van der Waals surface area contributed by atoms with Gasteiger partial charge in [-0.2, -0.15) is 0 Å². The molecule has 0 saturated carbocycles. The fourth-order valence-electron chi connectivity index (χ4n) is 2.21. The van der Waals surface area contributed by atoms with Gasteiger partial charge in [-0.1, -0.05) is 11.6 Å². The van der Waals surface area contributed by atoms with Crippen LogP contribution < -0.4 is 14.8 Å². The Kier molecular flexibility index (Phi) is 4.91. The summed E-state index contributed by atoms with van der Waals surface area (Å²) in [4.78, 5) is 4.46. The van der Waals surface area contributed by atoms with Crippen LogP contribution in [0.2, 0.25) is 5.02 Å². The van der Waals surface area contributed by atoms with Crippen LogP contribution in [0.25, 0.3) is 0 Å². The van der Waals surface area contributed by atoms with Gasteiger partial charge in [0, 0.05) is 23.0 Å². The summed E-state index contributed by atoms with van der Waals surface area (Å²) < 4.78 is 10.5. The zero-order chi connectivity index (χ0) is 15.4. The molecule has 1 aromatic carbocycles. The van der Waals surface area contributed by atoms with Crippen molar-refractivity contribution in [2.75, 3.05) is 19.5 Å². The SMILES string of the molecule is COc1ccc(NCc2ncc(C)c(OC)c2C)cc1Cl. The molecule has 5 heteroatoms. The number of ether oxygens (including phenoxy) is 2. The number of aromatic nitrogens is 1. The second-order valence-corrected chi connectivity index (χ2v) is 5.16. The number of aryl methyl sites for hydroxylation is 1. The molecule has 0 radical (unpaired) electrons. The predicted molar refractivity (Wildman–Crippen MR) is 85.6 cm³/mol. The number of rotatable bonds is 5. The summed E-state index contributed by atoms with van der Waals surface area (Å²) in [6, 6.07) is 5.59. The maximum atomic E-state index is 6.11. The van der Waals surface area contributed by atoms with E-state index in [4.69, 9.17) is 21.1 Å². The number of hydrogen-bond donors (Lipinski definition) is 1. The molecule has 2 aromatic rings. The monoisotopic (exact) mass is 306 g/mol. The van der Waals surface area contributed by atoms with E-state index >= 15 is 0 Å². The third-order valence-corrected chi connectivity index (χ3v) is 3.66. The molecule has 0 fully saturated rings. The van der Waals surface area contributed by atoms with Crippen molar-refractivity contribution in [3.05, 3.63) is 46.2 Å². The molecule has 2 rings (SSSR count). The van der Waals surface area contributed by atoms with Crippen molar-refractivity contribution in [1.29, 1.82) is 0 Å². The molecule has 1 N–H and O–H groups in total. The molecule has 0 atom stereocenters. The van der Waals surface area contributed by atoms with Gasteiger partial charge in [-0.25, -0.2) is 0 Å². The van der Waals surface area contributed by atoms with E-state index < -0.39 is 0 Å². The molecule has 0 spiro atoms. The minimum Gasteiger partial charge on any atom is -0.496 e. The normalized spacial score (nSPS) is 10.3. The van der Waals surface area contributed by atoms with E-state index in [2.05, 4.69) is 10.3 Å². The first-order valence-corrected chi connectivity index (χ1v) is 7.01. The Labute approximate surface area is 130 Å². The molecule has 4 nitrogen and oxygen atoms in total. The van der Waals surface area contributed by atoms with E-state index in [0.717, 1.165) is 28.3 Å². The Morgan fingerprint density at radius 3 is 2.57 bits per heavy atom. The lowest BCUT2D eigenvalue weighted by atomic mass is 10.1. The molecule has 1 heterocycles. The van der Waals surface area contributed by atoms with Crippen LogP contribution in [-0.2, 0) is 6.54 Å². The predicted octanol–water partition coefficient (Wildman–Crippen LogP) is 3.98. The van der Waals surface area contributed by atoms with Crippen molar-refractivity contribution in [3.8, 4) is 11.5 Å². The fraction of sp³-hybridized carbons (Fsp3) is 0.312. The smallest absolute Gasteiger partial charge is 0.137 e. The summed E-state index contributed by atoms with van der Waals surface area (Å²) in [6.45, 7) is 4.60. The van der Waals surface area contributed by atoms with Gasteiger partial charge in [0.05, 0.1) is 31.5 Å². The number of halogens is 1. The quantitative estimate of drug-likeness (QED) is 0.907. The number of benzene rings is 1. The molecule has 0 unspecified atom stereocenters. The average molecular weight is 307 g/mol. The van der Waals surface area contributed by atoms with Gasteiger partial charge in [-0.05, 0) is 32.0 Å². The van der Waals surface area contributed by atoms with Crippen molar-refractivity contribution < 1.29 is 9.47 Å². The highest BCUT2D eigenvalue weighted by Crippen LogP contribution is 2.28. The molecule has 0 amide bonds. The highest BCUT2D eigenvalue weighted by atomic mass is 35.5. The van der Waals surface area contributed by atoms with Gasteiger partial charge < -0.3 is 14.8 Å². The van der Waals surface area contributed by atoms with Gasteiger partial charge >= 0.3 is 0 Å². The first-order valence-electron chi connectivity index (χ1n) is 6.63. The molecule has 0 saturated heterocycles. The minimum atomic E-state index is 0.577. The van der Waals surface area contributed by atoms with Crippen LogP contribution in [0.4, 0.5) is 5.69 Å². The Bertz CT molecular complexity index is 644. The fourth-order valence-corrected chi connectivity index (χ4v) is 2.47. The number of nitrogens with zero attached hydrogens (tertiary/aromatic N) is 1. The van der Waals surface area contributed by atoms with E-state index in [0.29, 0.717) is 17.3 Å². The van der Waals surface area contributed by atoms with Crippen LogP contribution in [0.1, 0.15) is 16.8 Å². The number of nitrogens with one attached hydrogen (secondary N) is 1. The van der Waals surface area contributed by atoms with Crippen LogP contribution in [0.15, 0.2) is 24.4 Å². The Morgan fingerprint density at radius 1 is 1.19 bits per heavy atom. The standard InChI is InChI=1S/C16H19ClN2O2/c1-10-8-19-14(11(2)16(10)21-4)9-18-12-5-6-15(20-3)13(17)7-12/h5-8,18H,9H2,1-4H3. The van der Waals surface area contributed by atoms with Crippen LogP contribution >= 0.6 is 11.6 Å². The summed E-state index contributed by atoms with van der Waals surface area (Å²) in [7, 11) is 3.27. The maximum absolute atomic E-state index is 6.11. The van der Waals surface area contributed by atoms with Crippen LogP contribution in [-0.4, -0.2) is 19.2 Å². The van der Waals surface area contributed by atoms with E-state index in [1.165, 1.54) is 0 Å². The second-order valence-electron chi connectivity index (χ2n) is 4.75. The summed E-state index contributed by atoms with van der Waals surface area (Å²) >= 11 is 6.11. The second kappa shape index (κ2) is 6.68. The first-order chi connectivity index (χ1) is 10.1. The summed E-state index contributed by atoms with van der Waals surface area (Å²) in [6.07, 6.45) is 1.82. The van der Waals surface area contributed by atoms with Gasteiger partial charge in [0.25, 0.3) is 0 Å². The van der Waals surface area contributed by atoms with E-state index in [9.17, 15) is 0 Å². The van der Waals surface area contributed by atoms with Gasteiger partial charge in [0.15, 0.2) is 0 Å². The zero-order valence-corrected chi connectivity index (χ0v) is 13.4. The Hall–Kier alpha value is -1.94. The minimum absolute atomic E-state index is 0.577. The molecule has 21 heavy (non-hydrogen) atoms. The molecule has 0 bridgehead atoms. The largest absolute Gasteiger partial charge is 0.496 e. The number of methoxy groups -OCH3 is 2. The lowest BCUT2D eigenvalue weighted by molar-refractivity contribution is 0.407. The van der Waals surface area contributed by atoms with Crippen molar-refractivity contribution in [2.45, 2.75) is 20.4 Å². The molecule has 0 aliphatic rings. The van der Waals surface area contributed by atoms with Crippen molar-refractivity contribution in [1.82, 2.24) is 4.98 Å². The van der Waals surface area contributed by atoms with Crippen LogP contribution in [0.3, 0.4) is 0 Å². The Morgan fingerprint density at radius 2 is 1.95 bits per heavy atom. The Balaban J connectivity index is 2.15. The van der Waals surface area contributed by atoms with E-state index in [-0.39, 0.29) is 0 Å². The highest BCUT2D eigenvalue weighted by molar-refractivity contribution is 6.32. The molecular weight excluding hydrogens is 288 g/mol. The maximum Gasteiger partial charge on any atom is 0.137 e. The molecule has 1 aromatic heterocycles. The van der Waals surface area contributed by atoms with Crippen molar-refractivity contribution in [2.24, 2.45) is 0 Å². The van der Waals surface area contributed by atoms with Gasteiger partial charge in [-0.15, -0.1) is 0 Å². The van der Waals surface area contributed by atoms with Crippen molar-refractivity contribution in [3.63, 3.8) is 0 Å². The van der Waals surface area contributed by atoms with Crippen LogP contribution in [0, 0.1) is 13.8 Å². The number of pyridine rings is 1. The topological polar surface area (TPSA) is 43.4 Å². The van der Waals surface area contributed by atoms with Crippen molar-refractivity contribution >= 4 is 17.3 Å². The van der Waals surface area contributed by atoms with Gasteiger partial charge in [0.2, 0.25) is 0 Å². The van der Waals surface area contributed by atoms with E-state index in [1.807, 2.05) is 38.2 Å². The molecule has 112 valence electrons. The summed E-state index contributed by atoms with van der Waals surface area (Å²) in [5.74, 6) is 1.54. The number of anilines is 1. The molecular formula is C16H19ClN2O2. The third kappa shape index (κ3) is 3.39. The van der Waals surface area contributed by atoms with Crippen LogP contribution in [0.5, 0.6) is 11.5 Å². The third-order valence-electron chi connectivity index (χ3n) is 3.36. The average Bonchev–Trinajstić information content (AvgIpc) is 2.47. The first kappa shape index (κ1) is 15.4. The summed E-state index contributed by atoms with van der Waals surface area (Å²) in [5, 5.41) is 3.88. The van der Waals surface area contributed by atoms with E-state index in [1.54, 1.807) is 14.2 Å². The highest BCUT2D eigenvalue weighted by Gasteiger charge is 2.09. The summed E-state index contributed by atoms with van der Waals surface area (Å²) in [5.41, 5.74) is 3.95. The van der Waals surface area contributed by atoms with Gasteiger partial charge in [-0.3, -0.25) is 4.98 Å². The molecule has 0 aliphatic heterocycles.